The minimum absolute atomic E-state index is 0.282. The number of hydrogen-bond donors (Lipinski definition) is 2. The number of alkyl halides is 2. The van der Waals surface area contributed by atoms with Crippen molar-refractivity contribution in [3.8, 4) is 0 Å². The molecule has 79 valence electrons. The fourth-order valence-corrected chi connectivity index (χ4v) is 0. The van der Waals surface area contributed by atoms with E-state index < -0.39 is 11.9 Å². The molecule has 0 aliphatic heterocycles. The van der Waals surface area contributed by atoms with E-state index in [1.165, 1.54) is 0 Å². The van der Waals surface area contributed by atoms with E-state index in [2.05, 4.69) is 6.92 Å². The Morgan fingerprint density at radius 1 is 1.23 bits per heavy atom. The molecule has 0 amide bonds. The maximum absolute atomic E-state index is 9.00. The number of aliphatic carboxylic acids is 2. The number of hydrogen-bond acceptors (Lipinski definition) is 2. The topological polar surface area (TPSA) is 74.6 Å². The number of rotatable bonds is 1. The molecule has 1 radical (unpaired) electrons. The molecule has 0 bridgehead atoms. The lowest BCUT2D eigenvalue weighted by molar-refractivity contribution is -0.135. The van der Waals surface area contributed by atoms with Crippen LogP contribution in [-0.2, 0) is 9.59 Å². The zero-order valence-electron chi connectivity index (χ0n) is 7.46. The maximum atomic E-state index is 9.00. The van der Waals surface area contributed by atoms with Gasteiger partial charge in [0.2, 0.25) is 0 Å². The van der Waals surface area contributed by atoms with Gasteiger partial charge in [0.15, 0.2) is 0 Å². The number of carbonyl (C=O) groups is 2. The summed E-state index contributed by atoms with van der Waals surface area (Å²) in [5.74, 6) is -1.67. The predicted octanol–water partition coefficient (Wildman–Crippen LogP) is 2.20. The molecular formula is C7H13Cl2O4. The van der Waals surface area contributed by atoms with Crippen molar-refractivity contribution in [2.75, 3.05) is 0 Å². The maximum Gasteiger partial charge on any atom is 0.300 e. The molecule has 6 heteroatoms. The zero-order valence-corrected chi connectivity index (χ0v) is 8.97. The van der Waals surface area contributed by atoms with E-state index in [9.17, 15) is 0 Å². The molecule has 0 unspecified atom stereocenters. The van der Waals surface area contributed by atoms with Gasteiger partial charge in [-0.25, -0.2) is 0 Å². The van der Waals surface area contributed by atoms with Crippen molar-refractivity contribution in [1.82, 2.24) is 0 Å². The van der Waals surface area contributed by atoms with Crippen LogP contribution >= 0.6 is 23.2 Å². The Morgan fingerprint density at radius 3 is 1.31 bits per heavy atom. The second kappa shape index (κ2) is 14.1. The van der Waals surface area contributed by atoms with Crippen molar-refractivity contribution in [2.45, 2.75) is 25.1 Å². The van der Waals surface area contributed by atoms with Gasteiger partial charge in [0.25, 0.3) is 11.9 Å². The molecule has 13 heavy (non-hydrogen) atoms. The second-order valence-corrected chi connectivity index (χ2v) is 2.99. The molecular weight excluding hydrogens is 219 g/mol. The van der Waals surface area contributed by atoms with Gasteiger partial charge in [0.05, 0.1) is 0 Å². The molecule has 0 aromatic carbocycles. The van der Waals surface area contributed by atoms with E-state index in [1.54, 1.807) is 0 Å². The Balaban J connectivity index is -0.000000117. The van der Waals surface area contributed by atoms with Crippen LogP contribution in [0.2, 0.25) is 0 Å². The number of halogens is 2. The standard InChI is InChI=1S/C3H5Cl2.2C2H4O2/c1-2-3(4)5;2*1-2(3)4/h3H,1-2H2;2*1H3,(H,3,4). The summed E-state index contributed by atoms with van der Waals surface area (Å²) in [6.45, 7) is 5.59. The van der Waals surface area contributed by atoms with Gasteiger partial charge in [0.1, 0.15) is 4.84 Å². The van der Waals surface area contributed by atoms with Gasteiger partial charge in [-0.3, -0.25) is 9.59 Å². The molecule has 0 aliphatic rings. The van der Waals surface area contributed by atoms with Crippen LogP contribution in [-0.4, -0.2) is 27.0 Å². The van der Waals surface area contributed by atoms with Crippen LogP contribution in [0.5, 0.6) is 0 Å². The van der Waals surface area contributed by atoms with Gasteiger partial charge >= 0.3 is 0 Å². The van der Waals surface area contributed by atoms with Crippen LogP contribution in [0, 0.1) is 6.92 Å². The first-order chi connectivity index (χ1) is 5.73. The van der Waals surface area contributed by atoms with Crippen molar-refractivity contribution < 1.29 is 19.8 Å². The minimum Gasteiger partial charge on any atom is -0.481 e. The van der Waals surface area contributed by atoms with Gasteiger partial charge in [-0.05, 0) is 6.42 Å². The summed E-state index contributed by atoms with van der Waals surface area (Å²) in [6.07, 6.45) is 0.586. The Morgan fingerprint density at radius 2 is 1.31 bits per heavy atom. The SMILES string of the molecule is CC(=O)O.CC(=O)O.[CH2]CC(Cl)Cl. The number of carboxylic acid groups (broad SMARTS) is 2. The third-order valence-corrected chi connectivity index (χ3v) is 0.655. The molecule has 0 rings (SSSR count). The smallest absolute Gasteiger partial charge is 0.300 e. The number of carboxylic acids is 2. The van der Waals surface area contributed by atoms with Gasteiger partial charge in [-0.1, -0.05) is 6.92 Å². The normalized spacial score (nSPS) is 7.54. The summed E-state index contributed by atoms with van der Waals surface area (Å²) in [5.41, 5.74) is 0. The minimum atomic E-state index is -0.833. The third-order valence-electron chi connectivity index (χ3n) is 0.218. The van der Waals surface area contributed by atoms with Gasteiger partial charge in [-0.15, -0.1) is 23.2 Å². The van der Waals surface area contributed by atoms with Crippen LogP contribution in [0.15, 0.2) is 0 Å². The molecule has 2 N–H and O–H groups in total. The molecule has 0 heterocycles. The summed E-state index contributed by atoms with van der Waals surface area (Å²) in [4.78, 5) is 17.7. The summed E-state index contributed by atoms with van der Waals surface area (Å²) in [7, 11) is 0. The van der Waals surface area contributed by atoms with Crippen LogP contribution < -0.4 is 0 Å². The van der Waals surface area contributed by atoms with Crippen molar-refractivity contribution >= 4 is 35.1 Å². The molecule has 0 aromatic heterocycles. The van der Waals surface area contributed by atoms with Crippen molar-refractivity contribution in [3.05, 3.63) is 6.92 Å². The van der Waals surface area contributed by atoms with Crippen molar-refractivity contribution in [3.63, 3.8) is 0 Å². The lowest BCUT2D eigenvalue weighted by Crippen LogP contribution is -1.78. The average molecular weight is 232 g/mol. The van der Waals surface area contributed by atoms with Crippen LogP contribution in [0.1, 0.15) is 20.3 Å². The molecule has 0 atom stereocenters. The van der Waals surface area contributed by atoms with Crippen LogP contribution in [0.4, 0.5) is 0 Å². The average Bonchev–Trinajstić information content (AvgIpc) is 1.84. The molecule has 0 spiro atoms. The Bertz CT molecular complexity index is 116. The predicted molar refractivity (Wildman–Crippen MR) is 52.1 cm³/mol. The first-order valence-electron chi connectivity index (χ1n) is 3.20. The second-order valence-electron chi connectivity index (χ2n) is 1.72. The highest BCUT2D eigenvalue weighted by atomic mass is 35.5. The lowest BCUT2D eigenvalue weighted by atomic mass is 10.6. The van der Waals surface area contributed by atoms with E-state index in [0.717, 1.165) is 13.8 Å². The molecule has 0 saturated heterocycles. The highest BCUT2D eigenvalue weighted by molar-refractivity contribution is 6.44. The van der Waals surface area contributed by atoms with E-state index in [0.29, 0.717) is 6.42 Å². The van der Waals surface area contributed by atoms with Crippen LogP contribution in [0.3, 0.4) is 0 Å². The van der Waals surface area contributed by atoms with Crippen molar-refractivity contribution in [1.29, 1.82) is 0 Å². The zero-order chi connectivity index (χ0) is 11.4. The molecule has 0 fully saturated rings. The Labute approximate surface area is 87.5 Å². The fourth-order valence-electron chi connectivity index (χ4n) is 0. The quantitative estimate of drug-likeness (QED) is 0.679. The first-order valence-corrected chi connectivity index (χ1v) is 4.07. The summed E-state index contributed by atoms with van der Waals surface area (Å²) in [5, 5.41) is 14.8. The largest absolute Gasteiger partial charge is 0.481 e. The molecule has 0 aromatic rings. The van der Waals surface area contributed by atoms with Gasteiger partial charge < -0.3 is 10.2 Å². The Hall–Kier alpha value is -0.480. The molecule has 0 aliphatic carbocycles. The fraction of sp³-hybridized carbons (Fsp3) is 0.571. The highest BCUT2D eigenvalue weighted by Gasteiger charge is 1.86. The van der Waals surface area contributed by atoms with Gasteiger partial charge in [0, 0.05) is 13.8 Å². The lowest BCUT2D eigenvalue weighted by Gasteiger charge is -1.84. The van der Waals surface area contributed by atoms with Crippen LogP contribution in [0.25, 0.3) is 0 Å². The molecule has 4 nitrogen and oxygen atoms in total. The first kappa shape index (κ1) is 18.3. The van der Waals surface area contributed by atoms with Gasteiger partial charge in [-0.2, -0.15) is 0 Å². The third kappa shape index (κ3) is 452. The van der Waals surface area contributed by atoms with E-state index in [1.807, 2.05) is 0 Å². The Kier molecular flexibility index (Phi) is 19.8. The monoisotopic (exact) mass is 231 g/mol. The molecule has 0 saturated carbocycles. The van der Waals surface area contributed by atoms with E-state index >= 15 is 0 Å². The summed E-state index contributed by atoms with van der Waals surface area (Å²) >= 11 is 10.3. The highest BCUT2D eigenvalue weighted by Crippen LogP contribution is 2.03. The summed E-state index contributed by atoms with van der Waals surface area (Å²) < 4.78 is 0. The van der Waals surface area contributed by atoms with Crippen molar-refractivity contribution in [2.24, 2.45) is 0 Å². The van der Waals surface area contributed by atoms with E-state index in [4.69, 9.17) is 43.0 Å². The van der Waals surface area contributed by atoms with E-state index in [-0.39, 0.29) is 4.84 Å². The summed E-state index contributed by atoms with van der Waals surface area (Å²) in [6, 6.07) is 0.